The summed E-state index contributed by atoms with van der Waals surface area (Å²) in [6, 6.07) is 13.2. The van der Waals surface area contributed by atoms with E-state index in [-0.39, 0.29) is 11.2 Å². The van der Waals surface area contributed by atoms with Crippen LogP contribution in [0.3, 0.4) is 0 Å². The van der Waals surface area contributed by atoms with E-state index in [1.165, 1.54) is 18.0 Å². The van der Waals surface area contributed by atoms with Gasteiger partial charge in [-0.05, 0) is 26.0 Å². The first-order valence-corrected chi connectivity index (χ1v) is 9.42. The zero-order valence-electron chi connectivity index (χ0n) is 14.4. The molecular weight excluding hydrogens is 370 g/mol. The van der Waals surface area contributed by atoms with Crippen LogP contribution in [0, 0.1) is 0 Å². The molecule has 0 saturated heterocycles. The highest BCUT2D eigenvalue weighted by molar-refractivity contribution is 8.00. The summed E-state index contributed by atoms with van der Waals surface area (Å²) in [5.41, 5.74) is 0.996. The number of benzene rings is 1. The van der Waals surface area contributed by atoms with Crippen molar-refractivity contribution < 1.29 is 4.79 Å². The number of hydrogen-bond acceptors (Lipinski definition) is 5. The first-order valence-electron chi connectivity index (χ1n) is 8.16. The van der Waals surface area contributed by atoms with Crippen molar-refractivity contribution in [1.29, 1.82) is 0 Å². The van der Waals surface area contributed by atoms with Crippen molar-refractivity contribution in [3.63, 3.8) is 0 Å². The number of pyridine rings is 1. The third-order valence-corrected chi connectivity index (χ3v) is 5.00. The SMILES string of the molecule is CCn1c(S[C@@H](C)C(=O)Nc2ccc(Cl)cn2)nnc1-c1ccccc1. The second-order valence-corrected chi connectivity index (χ2v) is 7.27. The van der Waals surface area contributed by atoms with Crippen LogP contribution in [0.2, 0.25) is 5.02 Å². The highest BCUT2D eigenvalue weighted by Crippen LogP contribution is 2.27. The molecule has 6 nitrogen and oxygen atoms in total. The Morgan fingerprint density at radius 2 is 2.00 bits per heavy atom. The predicted octanol–water partition coefficient (Wildman–Crippen LogP) is 4.13. The highest BCUT2D eigenvalue weighted by atomic mass is 35.5. The summed E-state index contributed by atoms with van der Waals surface area (Å²) in [5, 5.41) is 12.2. The molecule has 3 rings (SSSR count). The molecule has 0 aliphatic heterocycles. The zero-order chi connectivity index (χ0) is 18.5. The van der Waals surface area contributed by atoms with Gasteiger partial charge >= 0.3 is 0 Å². The van der Waals surface area contributed by atoms with Crippen LogP contribution in [0.25, 0.3) is 11.4 Å². The van der Waals surface area contributed by atoms with E-state index in [4.69, 9.17) is 11.6 Å². The number of hydrogen-bond donors (Lipinski definition) is 1. The highest BCUT2D eigenvalue weighted by Gasteiger charge is 2.20. The fourth-order valence-electron chi connectivity index (χ4n) is 2.35. The van der Waals surface area contributed by atoms with Crippen LogP contribution >= 0.6 is 23.4 Å². The number of aromatic nitrogens is 4. The van der Waals surface area contributed by atoms with Crippen LogP contribution in [-0.2, 0) is 11.3 Å². The van der Waals surface area contributed by atoms with Crippen molar-refractivity contribution in [3.05, 3.63) is 53.7 Å². The van der Waals surface area contributed by atoms with E-state index < -0.39 is 0 Å². The minimum absolute atomic E-state index is 0.156. The molecule has 0 bridgehead atoms. The van der Waals surface area contributed by atoms with Gasteiger partial charge in [-0.2, -0.15) is 0 Å². The number of halogens is 1. The summed E-state index contributed by atoms with van der Waals surface area (Å²) >= 11 is 7.17. The molecular formula is C18H18ClN5OS. The Morgan fingerprint density at radius 1 is 1.23 bits per heavy atom. The van der Waals surface area contributed by atoms with E-state index in [0.717, 1.165) is 11.4 Å². The molecule has 26 heavy (non-hydrogen) atoms. The average Bonchev–Trinajstić information content (AvgIpc) is 3.06. The van der Waals surface area contributed by atoms with E-state index in [1.54, 1.807) is 12.1 Å². The first-order chi connectivity index (χ1) is 12.6. The fourth-order valence-corrected chi connectivity index (χ4v) is 3.38. The molecule has 2 heterocycles. The molecule has 0 fully saturated rings. The van der Waals surface area contributed by atoms with Crippen LogP contribution in [-0.4, -0.2) is 30.9 Å². The second-order valence-electron chi connectivity index (χ2n) is 5.53. The smallest absolute Gasteiger partial charge is 0.238 e. The van der Waals surface area contributed by atoms with E-state index in [9.17, 15) is 4.79 Å². The van der Waals surface area contributed by atoms with Crippen molar-refractivity contribution >= 4 is 35.1 Å². The maximum absolute atomic E-state index is 12.4. The summed E-state index contributed by atoms with van der Waals surface area (Å²) in [7, 11) is 0. The van der Waals surface area contributed by atoms with Crippen LogP contribution < -0.4 is 5.32 Å². The largest absolute Gasteiger partial charge is 0.310 e. The number of amides is 1. The lowest BCUT2D eigenvalue weighted by molar-refractivity contribution is -0.115. The van der Waals surface area contributed by atoms with Crippen molar-refractivity contribution in [2.24, 2.45) is 0 Å². The van der Waals surface area contributed by atoms with Gasteiger partial charge in [0.15, 0.2) is 11.0 Å². The molecule has 134 valence electrons. The van der Waals surface area contributed by atoms with Gasteiger partial charge in [-0.1, -0.05) is 53.7 Å². The molecule has 2 aromatic heterocycles. The third-order valence-electron chi connectivity index (χ3n) is 3.70. The van der Waals surface area contributed by atoms with Crippen molar-refractivity contribution in [2.45, 2.75) is 30.8 Å². The normalized spacial score (nSPS) is 12.0. The quantitative estimate of drug-likeness (QED) is 0.643. The van der Waals surface area contributed by atoms with E-state index >= 15 is 0 Å². The molecule has 1 amide bonds. The van der Waals surface area contributed by atoms with Gasteiger partial charge in [-0.15, -0.1) is 10.2 Å². The number of thioether (sulfide) groups is 1. The number of nitrogens with one attached hydrogen (secondary N) is 1. The van der Waals surface area contributed by atoms with E-state index in [2.05, 4.69) is 20.5 Å². The molecule has 0 saturated carbocycles. The molecule has 1 N–H and O–H groups in total. The molecule has 0 radical (unpaired) electrons. The summed E-state index contributed by atoms with van der Waals surface area (Å²) < 4.78 is 2.00. The molecule has 8 heteroatoms. The Bertz CT molecular complexity index is 882. The predicted molar refractivity (Wildman–Crippen MR) is 104 cm³/mol. The minimum Gasteiger partial charge on any atom is -0.310 e. The molecule has 0 spiro atoms. The Balaban J connectivity index is 1.73. The summed E-state index contributed by atoms with van der Waals surface area (Å²) in [5.74, 6) is 1.10. The lowest BCUT2D eigenvalue weighted by atomic mass is 10.2. The van der Waals surface area contributed by atoms with Gasteiger partial charge in [0.2, 0.25) is 5.91 Å². The first kappa shape index (κ1) is 18.4. The van der Waals surface area contributed by atoms with Crippen LogP contribution in [0.4, 0.5) is 5.82 Å². The lowest BCUT2D eigenvalue weighted by Crippen LogP contribution is -2.23. The third kappa shape index (κ3) is 4.23. The van der Waals surface area contributed by atoms with E-state index in [0.29, 0.717) is 22.5 Å². The van der Waals surface area contributed by atoms with Gasteiger partial charge in [-0.3, -0.25) is 4.79 Å². The summed E-state index contributed by atoms with van der Waals surface area (Å²) in [6.45, 7) is 4.57. The van der Waals surface area contributed by atoms with Gasteiger partial charge in [-0.25, -0.2) is 4.98 Å². The molecule has 1 atom stereocenters. The average molecular weight is 388 g/mol. The standard InChI is InChI=1S/C18H18ClN5OS/c1-3-24-16(13-7-5-4-6-8-13)22-23-18(24)26-12(2)17(25)21-15-10-9-14(19)11-20-15/h4-12H,3H2,1-2H3,(H,20,21,25)/t12-/m0/s1. The monoisotopic (exact) mass is 387 g/mol. The van der Waals surface area contributed by atoms with Gasteiger partial charge in [0.25, 0.3) is 0 Å². The van der Waals surface area contributed by atoms with Crippen LogP contribution in [0.1, 0.15) is 13.8 Å². The number of nitrogens with zero attached hydrogens (tertiary/aromatic N) is 4. The Labute approximate surface area is 161 Å². The maximum atomic E-state index is 12.4. The summed E-state index contributed by atoms with van der Waals surface area (Å²) in [4.78, 5) is 16.5. The number of carbonyl (C=O) groups is 1. The maximum Gasteiger partial charge on any atom is 0.238 e. The lowest BCUT2D eigenvalue weighted by Gasteiger charge is -2.12. The van der Waals surface area contributed by atoms with Gasteiger partial charge < -0.3 is 9.88 Å². The van der Waals surface area contributed by atoms with Gasteiger partial charge in [0, 0.05) is 18.3 Å². The second kappa shape index (κ2) is 8.33. The van der Waals surface area contributed by atoms with E-state index in [1.807, 2.05) is 48.7 Å². The van der Waals surface area contributed by atoms with Crippen LogP contribution in [0.15, 0.2) is 53.8 Å². The minimum atomic E-state index is -0.356. The van der Waals surface area contributed by atoms with Crippen molar-refractivity contribution in [1.82, 2.24) is 19.7 Å². The van der Waals surface area contributed by atoms with Crippen molar-refractivity contribution in [2.75, 3.05) is 5.32 Å². The Morgan fingerprint density at radius 3 is 2.65 bits per heavy atom. The van der Waals surface area contributed by atoms with Gasteiger partial charge in [0.1, 0.15) is 5.82 Å². The van der Waals surface area contributed by atoms with Crippen molar-refractivity contribution in [3.8, 4) is 11.4 Å². The Kier molecular flexibility index (Phi) is 5.90. The van der Waals surface area contributed by atoms with Crippen LogP contribution in [0.5, 0.6) is 0 Å². The number of rotatable bonds is 6. The topological polar surface area (TPSA) is 72.7 Å². The Hall–Kier alpha value is -2.38. The molecule has 0 unspecified atom stereocenters. The molecule has 0 aliphatic rings. The zero-order valence-corrected chi connectivity index (χ0v) is 16.0. The molecule has 3 aromatic rings. The number of anilines is 1. The number of carbonyl (C=O) groups excluding carboxylic acids is 1. The fraction of sp³-hybridized carbons (Fsp3) is 0.222. The molecule has 1 aromatic carbocycles. The van der Waals surface area contributed by atoms with Gasteiger partial charge in [0.05, 0.1) is 10.3 Å². The molecule has 0 aliphatic carbocycles. The summed E-state index contributed by atoms with van der Waals surface area (Å²) in [6.07, 6.45) is 1.49.